The largest absolute Gasteiger partial charge is 0.493 e. The maximum Gasteiger partial charge on any atom is 0.338 e. The number of methoxy groups -OCH3 is 1. The summed E-state index contributed by atoms with van der Waals surface area (Å²) in [7, 11) is 1.59. The summed E-state index contributed by atoms with van der Waals surface area (Å²) in [5.41, 5.74) is 2.89. The van der Waals surface area contributed by atoms with Crippen LogP contribution in [0.5, 0.6) is 11.5 Å². The fourth-order valence-corrected chi connectivity index (χ4v) is 5.12. The van der Waals surface area contributed by atoms with E-state index in [1.165, 1.54) is 11.8 Å². The molecule has 0 bridgehead atoms. The van der Waals surface area contributed by atoms with E-state index in [0.717, 1.165) is 11.1 Å². The van der Waals surface area contributed by atoms with Crippen LogP contribution in [0.15, 0.2) is 58.9 Å². The van der Waals surface area contributed by atoms with Gasteiger partial charge >= 0.3 is 5.97 Å². The molecule has 1 aromatic heterocycles. The highest BCUT2D eigenvalue weighted by atomic mass is 35.5. The van der Waals surface area contributed by atoms with Crippen molar-refractivity contribution in [3.8, 4) is 11.5 Å². The maximum absolute atomic E-state index is 13.3. The molecule has 1 aliphatic rings. The van der Waals surface area contributed by atoms with E-state index in [0.29, 0.717) is 44.6 Å². The first-order valence-corrected chi connectivity index (χ1v) is 13.4. The molecule has 0 fully saturated rings. The number of rotatable bonds is 9. The van der Waals surface area contributed by atoms with Gasteiger partial charge in [0.15, 0.2) is 11.5 Å². The summed E-state index contributed by atoms with van der Waals surface area (Å²) in [6.07, 6.45) is -0.291. The third kappa shape index (κ3) is 6.05. The first-order valence-electron chi connectivity index (χ1n) is 12.0. The highest BCUT2D eigenvalue weighted by molar-refractivity contribution is 7.98. The number of carbonyl (C=O) groups is 1. The standard InChI is InChI=1S/C27H31ClN4O4S/c1-15(2)35-21-12-11-18(13-22(21)34-6)24-23(25(33)36-16(3)4)17(5)29-26-30-27(31-32(24)26)37-14-19-9-7-8-10-20(19)28/h7-13,15-16,24H,14H2,1-6H3,(H,29,30,31). The van der Waals surface area contributed by atoms with Crippen LogP contribution in [0.1, 0.15) is 51.8 Å². The van der Waals surface area contributed by atoms with Gasteiger partial charge in [-0.25, -0.2) is 9.48 Å². The van der Waals surface area contributed by atoms with Crippen LogP contribution in [0.25, 0.3) is 0 Å². The molecular formula is C27H31ClN4O4S. The molecular weight excluding hydrogens is 512 g/mol. The number of ether oxygens (including phenoxy) is 3. The number of fused-ring (bicyclic) bond motifs is 1. The fourth-order valence-electron chi connectivity index (χ4n) is 4.01. The van der Waals surface area contributed by atoms with Crippen LogP contribution in [-0.2, 0) is 15.3 Å². The lowest BCUT2D eigenvalue weighted by molar-refractivity contribution is -0.143. The van der Waals surface area contributed by atoms with Crippen molar-refractivity contribution in [3.05, 3.63) is 69.9 Å². The molecule has 37 heavy (non-hydrogen) atoms. The Morgan fingerprint density at radius 3 is 2.57 bits per heavy atom. The Bertz CT molecular complexity index is 1320. The number of benzene rings is 2. The van der Waals surface area contributed by atoms with Gasteiger partial charge in [0.1, 0.15) is 6.04 Å². The molecule has 0 spiro atoms. The number of carbonyl (C=O) groups excluding carboxylic acids is 1. The van der Waals surface area contributed by atoms with Crippen molar-refractivity contribution >= 4 is 35.3 Å². The lowest BCUT2D eigenvalue weighted by Crippen LogP contribution is -2.30. The summed E-state index contributed by atoms with van der Waals surface area (Å²) in [4.78, 5) is 18.0. The zero-order valence-corrected chi connectivity index (χ0v) is 23.3. The summed E-state index contributed by atoms with van der Waals surface area (Å²) >= 11 is 7.80. The van der Waals surface area contributed by atoms with Crippen molar-refractivity contribution in [2.45, 2.75) is 63.8 Å². The summed E-state index contributed by atoms with van der Waals surface area (Å²) < 4.78 is 18.8. The number of halogens is 1. The second-order valence-electron chi connectivity index (χ2n) is 9.14. The first-order chi connectivity index (χ1) is 17.7. The Morgan fingerprint density at radius 1 is 1.14 bits per heavy atom. The van der Waals surface area contributed by atoms with Crippen LogP contribution in [0, 0.1) is 0 Å². The van der Waals surface area contributed by atoms with Gasteiger partial charge in [0.05, 0.1) is 24.9 Å². The lowest BCUT2D eigenvalue weighted by atomic mass is 9.95. The molecule has 1 aliphatic heterocycles. The molecule has 2 heterocycles. The zero-order chi connectivity index (χ0) is 26.7. The molecule has 196 valence electrons. The van der Waals surface area contributed by atoms with Crippen molar-refractivity contribution in [3.63, 3.8) is 0 Å². The molecule has 2 aromatic carbocycles. The van der Waals surface area contributed by atoms with Crippen LogP contribution in [-0.4, -0.2) is 40.1 Å². The Morgan fingerprint density at radius 2 is 1.89 bits per heavy atom. The molecule has 4 rings (SSSR count). The highest BCUT2D eigenvalue weighted by Crippen LogP contribution is 2.40. The molecule has 0 amide bonds. The number of esters is 1. The van der Waals surface area contributed by atoms with Gasteiger partial charge in [-0.2, -0.15) is 4.98 Å². The van der Waals surface area contributed by atoms with E-state index in [9.17, 15) is 4.79 Å². The van der Waals surface area contributed by atoms with Gasteiger partial charge in [0, 0.05) is 16.5 Å². The molecule has 0 aliphatic carbocycles. The number of hydrogen-bond donors (Lipinski definition) is 1. The molecule has 8 nitrogen and oxygen atoms in total. The normalized spacial score (nSPS) is 15.0. The fraction of sp³-hybridized carbons (Fsp3) is 0.370. The first kappa shape index (κ1) is 26.9. The van der Waals surface area contributed by atoms with Gasteiger partial charge in [0.25, 0.3) is 0 Å². The summed E-state index contributed by atoms with van der Waals surface area (Å²) in [5, 5.41) is 9.26. The van der Waals surface area contributed by atoms with Gasteiger partial charge in [-0.15, -0.1) is 5.10 Å². The number of aromatic nitrogens is 3. The van der Waals surface area contributed by atoms with Gasteiger partial charge in [-0.1, -0.05) is 47.6 Å². The van der Waals surface area contributed by atoms with E-state index in [4.69, 9.17) is 35.9 Å². The molecule has 1 atom stereocenters. The number of nitrogens with one attached hydrogen (secondary N) is 1. The maximum atomic E-state index is 13.3. The van der Waals surface area contributed by atoms with Crippen molar-refractivity contribution in [2.24, 2.45) is 0 Å². The van der Waals surface area contributed by atoms with Crippen LogP contribution in [0.4, 0.5) is 5.95 Å². The van der Waals surface area contributed by atoms with E-state index in [-0.39, 0.29) is 12.2 Å². The molecule has 1 N–H and O–H groups in total. The van der Waals surface area contributed by atoms with Gasteiger partial charge in [-0.05, 0) is 63.9 Å². The minimum atomic E-state index is -0.577. The molecule has 0 saturated heterocycles. The third-order valence-electron chi connectivity index (χ3n) is 5.58. The summed E-state index contributed by atoms with van der Waals surface area (Å²) in [6.45, 7) is 9.40. The van der Waals surface area contributed by atoms with Gasteiger partial charge in [0.2, 0.25) is 11.1 Å². The van der Waals surface area contributed by atoms with Crippen molar-refractivity contribution in [1.82, 2.24) is 14.8 Å². The van der Waals surface area contributed by atoms with E-state index in [1.54, 1.807) is 11.8 Å². The van der Waals surface area contributed by atoms with Gasteiger partial charge < -0.3 is 19.5 Å². The van der Waals surface area contributed by atoms with Gasteiger partial charge in [-0.3, -0.25) is 0 Å². The molecule has 1 unspecified atom stereocenters. The zero-order valence-electron chi connectivity index (χ0n) is 21.7. The Hall–Kier alpha value is -3.17. The van der Waals surface area contributed by atoms with Crippen LogP contribution in [0.2, 0.25) is 5.02 Å². The monoisotopic (exact) mass is 542 g/mol. The van der Waals surface area contributed by atoms with Crippen molar-refractivity contribution < 1.29 is 19.0 Å². The number of allylic oxidation sites excluding steroid dienone is 1. The summed E-state index contributed by atoms with van der Waals surface area (Å²) in [6, 6.07) is 12.7. The molecule has 0 radical (unpaired) electrons. The number of hydrogen-bond acceptors (Lipinski definition) is 8. The SMILES string of the molecule is COc1cc(C2C(C(=O)OC(C)C)=C(C)Nc3nc(SCc4ccccc4Cl)nn32)ccc1OC(C)C. The van der Waals surface area contributed by atoms with E-state index in [2.05, 4.69) is 5.32 Å². The van der Waals surface area contributed by atoms with Crippen LogP contribution >= 0.6 is 23.4 Å². The minimum absolute atomic E-state index is 0.0167. The average Bonchev–Trinajstić information content (AvgIpc) is 3.24. The topological polar surface area (TPSA) is 87.5 Å². The predicted molar refractivity (Wildman–Crippen MR) is 145 cm³/mol. The number of anilines is 1. The predicted octanol–water partition coefficient (Wildman–Crippen LogP) is 6.26. The van der Waals surface area contributed by atoms with Crippen LogP contribution in [0.3, 0.4) is 0 Å². The highest BCUT2D eigenvalue weighted by Gasteiger charge is 2.36. The third-order valence-corrected chi connectivity index (χ3v) is 6.83. The Kier molecular flexibility index (Phi) is 8.34. The number of nitrogens with zero attached hydrogens (tertiary/aromatic N) is 3. The van der Waals surface area contributed by atoms with Crippen molar-refractivity contribution in [2.75, 3.05) is 12.4 Å². The van der Waals surface area contributed by atoms with E-state index in [1.807, 2.05) is 77.1 Å². The molecule has 3 aromatic rings. The Balaban J connectivity index is 1.74. The van der Waals surface area contributed by atoms with Crippen LogP contribution < -0.4 is 14.8 Å². The minimum Gasteiger partial charge on any atom is -0.493 e. The lowest BCUT2D eigenvalue weighted by Gasteiger charge is -2.29. The summed E-state index contributed by atoms with van der Waals surface area (Å²) in [5.74, 6) is 1.91. The van der Waals surface area contributed by atoms with E-state index >= 15 is 0 Å². The van der Waals surface area contributed by atoms with Crippen molar-refractivity contribution in [1.29, 1.82) is 0 Å². The Labute approximate surface area is 226 Å². The smallest absolute Gasteiger partial charge is 0.338 e. The second kappa shape index (κ2) is 11.5. The quantitative estimate of drug-likeness (QED) is 0.250. The second-order valence-corrected chi connectivity index (χ2v) is 10.5. The average molecular weight is 543 g/mol. The number of thioether (sulfide) groups is 1. The van der Waals surface area contributed by atoms with E-state index < -0.39 is 12.0 Å². The molecule has 0 saturated carbocycles. The molecule has 10 heteroatoms.